The van der Waals surface area contributed by atoms with Crippen LogP contribution in [0, 0.1) is 4.77 Å². The van der Waals surface area contributed by atoms with Crippen molar-refractivity contribution >= 4 is 17.9 Å². The average Bonchev–Trinajstić information content (AvgIpc) is 3.01. The van der Waals surface area contributed by atoms with Gasteiger partial charge >= 0.3 is 0 Å². The highest BCUT2D eigenvalue weighted by atomic mass is 32.1. The van der Waals surface area contributed by atoms with E-state index in [0.717, 1.165) is 35.6 Å². The highest BCUT2D eigenvalue weighted by Crippen LogP contribution is 2.17. The second-order valence-electron chi connectivity index (χ2n) is 5.87. The Balaban J connectivity index is 1.69. The van der Waals surface area contributed by atoms with E-state index in [1.165, 1.54) is 5.56 Å². The third-order valence-electron chi connectivity index (χ3n) is 4.00. The van der Waals surface area contributed by atoms with Gasteiger partial charge in [-0.3, -0.25) is 0 Å². The van der Waals surface area contributed by atoms with E-state index < -0.39 is 0 Å². The van der Waals surface area contributed by atoms with E-state index in [0.29, 0.717) is 4.77 Å². The van der Waals surface area contributed by atoms with Gasteiger partial charge in [0, 0.05) is 5.71 Å². The maximum atomic E-state index is 5.38. The molecular weight excluding hydrogens is 330 g/mol. The summed E-state index contributed by atoms with van der Waals surface area (Å²) >= 11 is 5.38. The van der Waals surface area contributed by atoms with Gasteiger partial charge in [-0.15, -0.1) is 0 Å². The van der Waals surface area contributed by atoms with Crippen molar-refractivity contribution in [3.05, 3.63) is 71.1 Å². The zero-order valence-corrected chi connectivity index (χ0v) is 15.2. The molecule has 0 radical (unpaired) electrons. The molecule has 3 aromatic rings. The van der Waals surface area contributed by atoms with Gasteiger partial charge in [0.25, 0.3) is 0 Å². The summed E-state index contributed by atoms with van der Waals surface area (Å²) in [5.74, 6) is 0.876. The lowest BCUT2D eigenvalue weighted by molar-refractivity contribution is 0.414. The zero-order valence-electron chi connectivity index (χ0n) is 14.4. The van der Waals surface area contributed by atoms with Crippen LogP contribution in [0.25, 0.3) is 11.3 Å². The highest BCUT2D eigenvalue weighted by Gasteiger charge is 2.03. The number of benzene rings is 2. The van der Waals surface area contributed by atoms with E-state index in [1.54, 1.807) is 11.8 Å². The van der Waals surface area contributed by atoms with Gasteiger partial charge in [-0.25, -0.2) is 4.68 Å². The summed E-state index contributed by atoms with van der Waals surface area (Å²) in [6.45, 7) is 2.03. The molecule has 0 saturated heterocycles. The molecule has 0 unspecified atom stereocenters. The van der Waals surface area contributed by atoms with Crippen molar-refractivity contribution in [3.8, 4) is 17.0 Å². The molecular formula is C20H21N3OS. The largest absolute Gasteiger partial charge is 0.497 e. The van der Waals surface area contributed by atoms with Gasteiger partial charge in [0.05, 0.1) is 19.0 Å². The Hall–Kier alpha value is -2.66. The lowest BCUT2D eigenvalue weighted by Gasteiger charge is -2.04. The van der Waals surface area contributed by atoms with E-state index >= 15 is 0 Å². The van der Waals surface area contributed by atoms with Crippen molar-refractivity contribution < 1.29 is 4.74 Å². The Morgan fingerprint density at radius 3 is 2.52 bits per heavy atom. The lowest BCUT2D eigenvalue weighted by atomic mass is 10.1. The Bertz CT molecular complexity index is 908. The normalized spacial score (nSPS) is 11.5. The van der Waals surface area contributed by atoms with Crippen molar-refractivity contribution in [3.63, 3.8) is 0 Å². The molecule has 25 heavy (non-hydrogen) atoms. The van der Waals surface area contributed by atoms with Gasteiger partial charge in [-0.1, -0.05) is 42.5 Å². The van der Waals surface area contributed by atoms with Crippen LogP contribution in [-0.4, -0.2) is 22.5 Å². The Morgan fingerprint density at radius 1 is 1.12 bits per heavy atom. The molecule has 1 aromatic heterocycles. The van der Waals surface area contributed by atoms with Crippen LogP contribution < -0.4 is 4.74 Å². The molecule has 1 heterocycles. The smallest absolute Gasteiger partial charge is 0.198 e. The first kappa shape index (κ1) is 17.2. The van der Waals surface area contributed by atoms with E-state index in [2.05, 4.69) is 22.2 Å². The van der Waals surface area contributed by atoms with Crippen LogP contribution in [0.5, 0.6) is 5.75 Å². The number of aromatic nitrogens is 2. The van der Waals surface area contributed by atoms with Crippen molar-refractivity contribution in [1.29, 1.82) is 0 Å². The number of methoxy groups -OCH3 is 1. The molecule has 128 valence electrons. The summed E-state index contributed by atoms with van der Waals surface area (Å²) in [7, 11) is 1.68. The minimum Gasteiger partial charge on any atom is -0.497 e. The zero-order chi connectivity index (χ0) is 17.6. The van der Waals surface area contributed by atoms with E-state index in [9.17, 15) is 0 Å². The topological polar surface area (TPSA) is 42.3 Å². The first-order valence-corrected chi connectivity index (χ1v) is 8.61. The van der Waals surface area contributed by atoms with Crippen LogP contribution in [-0.2, 0) is 6.42 Å². The third-order valence-corrected chi connectivity index (χ3v) is 4.29. The molecule has 0 saturated carbocycles. The number of ether oxygens (including phenoxy) is 1. The quantitative estimate of drug-likeness (QED) is 0.497. The first-order valence-electron chi connectivity index (χ1n) is 8.20. The number of hydrogen-bond donors (Lipinski definition) is 1. The number of aryl methyl sites for hydroxylation is 1. The molecule has 3 rings (SSSR count). The fraction of sp³-hybridized carbons (Fsp3) is 0.200. The van der Waals surface area contributed by atoms with Gasteiger partial charge in [0.1, 0.15) is 5.75 Å². The van der Waals surface area contributed by atoms with E-state index in [4.69, 9.17) is 17.0 Å². The van der Waals surface area contributed by atoms with Crippen LogP contribution in [0.15, 0.2) is 65.9 Å². The maximum absolute atomic E-state index is 5.38. The molecule has 0 aliphatic heterocycles. The molecule has 0 aliphatic carbocycles. The Morgan fingerprint density at radius 2 is 1.84 bits per heavy atom. The summed E-state index contributed by atoms with van der Waals surface area (Å²) in [4.78, 5) is 3.21. The summed E-state index contributed by atoms with van der Waals surface area (Å²) in [5, 5.41) is 4.63. The predicted octanol–water partition coefficient (Wildman–Crippen LogP) is 5.08. The fourth-order valence-corrected chi connectivity index (χ4v) is 2.78. The van der Waals surface area contributed by atoms with Gasteiger partial charge in [0.2, 0.25) is 0 Å². The fourth-order valence-electron chi connectivity index (χ4n) is 2.58. The second kappa shape index (κ2) is 7.94. The minimum atomic E-state index is 0.600. The molecule has 4 nitrogen and oxygen atoms in total. The maximum Gasteiger partial charge on any atom is 0.198 e. The van der Waals surface area contributed by atoms with Crippen LogP contribution in [0.3, 0.4) is 0 Å². The first-order chi connectivity index (χ1) is 12.2. The lowest BCUT2D eigenvalue weighted by Crippen LogP contribution is -1.99. The predicted molar refractivity (Wildman–Crippen MR) is 105 cm³/mol. The number of aromatic amines is 1. The number of H-pyrrole nitrogens is 1. The van der Waals surface area contributed by atoms with Crippen LogP contribution in [0.2, 0.25) is 0 Å². The summed E-state index contributed by atoms with van der Waals surface area (Å²) in [6.07, 6.45) is 3.75. The van der Waals surface area contributed by atoms with Crippen molar-refractivity contribution in [2.45, 2.75) is 19.8 Å². The van der Waals surface area contributed by atoms with Crippen LogP contribution >= 0.6 is 12.2 Å². The molecule has 0 amide bonds. The summed E-state index contributed by atoms with van der Waals surface area (Å²) in [6, 6.07) is 18.2. The molecule has 0 spiro atoms. The van der Waals surface area contributed by atoms with Gasteiger partial charge in [0.15, 0.2) is 4.77 Å². The van der Waals surface area contributed by atoms with Crippen molar-refractivity contribution in [1.82, 2.24) is 9.66 Å². The standard InChI is InChI=1S/C20H21N3OS/c1-15(8-9-16-10-12-18(24-2)13-11-16)22-23-14-19(21-20(23)25)17-6-4-3-5-7-17/h3-7,10-14H,8-9H2,1-2H3,(H,21,25). The van der Waals surface area contributed by atoms with Crippen molar-refractivity contribution in [2.24, 2.45) is 5.10 Å². The average molecular weight is 351 g/mol. The third kappa shape index (κ3) is 4.45. The Kier molecular flexibility index (Phi) is 5.46. The SMILES string of the molecule is COc1ccc(CCC(C)=Nn2cc(-c3ccccc3)[nH]c2=S)cc1. The van der Waals surface area contributed by atoms with Gasteiger partial charge in [-0.05, 0) is 55.2 Å². The number of hydrogen-bond acceptors (Lipinski definition) is 3. The summed E-state index contributed by atoms with van der Waals surface area (Å²) < 4.78 is 7.52. The number of imidazole rings is 1. The van der Waals surface area contributed by atoms with E-state index in [1.807, 2.05) is 55.6 Å². The molecule has 0 atom stereocenters. The molecule has 2 aromatic carbocycles. The number of nitrogens with one attached hydrogen (secondary N) is 1. The molecule has 5 heteroatoms. The molecule has 0 fully saturated rings. The Labute approximate surface area is 152 Å². The minimum absolute atomic E-state index is 0.600. The van der Waals surface area contributed by atoms with Crippen LogP contribution in [0.1, 0.15) is 18.9 Å². The van der Waals surface area contributed by atoms with Crippen LogP contribution in [0.4, 0.5) is 0 Å². The van der Waals surface area contributed by atoms with E-state index in [-0.39, 0.29) is 0 Å². The molecule has 0 bridgehead atoms. The van der Waals surface area contributed by atoms with Gasteiger partial charge < -0.3 is 9.72 Å². The van der Waals surface area contributed by atoms with Crippen molar-refractivity contribution in [2.75, 3.05) is 7.11 Å². The van der Waals surface area contributed by atoms with Gasteiger partial charge in [-0.2, -0.15) is 5.10 Å². The summed E-state index contributed by atoms with van der Waals surface area (Å²) in [5.41, 5.74) is 4.36. The monoisotopic (exact) mass is 351 g/mol. The second-order valence-corrected chi connectivity index (χ2v) is 6.25. The number of nitrogens with zero attached hydrogens (tertiary/aromatic N) is 2. The molecule has 0 aliphatic rings. The highest BCUT2D eigenvalue weighted by molar-refractivity contribution is 7.71. The number of rotatable bonds is 6. The molecule has 1 N–H and O–H groups in total.